The minimum absolute atomic E-state index is 0.0720. The number of aromatic nitrogens is 2. The number of methoxy groups -OCH3 is 1. The van der Waals surface area contributed by atoms with E-state index in [1.807, 2.05) is 42.0 Å². The number of allylic oxidation sites excluding steroid dienone is 1. The Morgan fingerprint density at radius 2 is 1.89 bits per heavy atom. The minimum atomic E-state index is -1.52. The molecule has 0 aliphatic carbocycles. The normalized spacial score (nSPS) is 19.1. The zero-order valence-electron chi connectivity index (χ0n) is 19.4. The van der Waals surface area contributed by atoms with Gasteiger partial charge in [0.05, 0.1) is 24.8 Å². The van der Waals surface area contributed by atoms with Crippen LogP contribution >= 0.6 is 0 Å². The number of ether oxygens (including phenoxy) is 1. The summed E-state index contributed by atoms with van der Waals surface area (Å²) in [5.74, 6) is -3.65. The van der Waals surface area contributed by atoms with Gasteiger partial charge >= 0.3 is 0 Å². The summed E-state index contributed by atoms with van der Waals surface area (Å²) in [5.41, 5.74) is 3.66. The number of halogens is 3. The van der Waals surface area contributed by atoms with E-state index >= 15 is 0 Å². The van der Waals surface area contributed by atoms with Crippen molar-refractivity contribution in [3.63, 3.8) is 0 Å². The quantitative estimate of drug-likeness (QED) is 0.350. The second-order valence-electron chi connectivity index (χ2n) is 8.81. The lowest BCUT2D eigenvalue weighted by molar-refractivity contribution is -0.127. The zero-order chi connectivity index (χ0) is 24.7. The Labute approximate surface area is 201 Å². The van der Waals surface area contributed by atoms with Crippen molar-refractivity contribution < 1.29 is 22.7 Å². The Balaban J connectivity index is 1.48. The van der Waals surface area contributed by atoms with E-state index in [1.165, 1.54) is 0 Å². The molecule has 0 spiro atoms. The number of aryl methyl sites for hydroxylation is 1. The van der Waals surface area contributed by atoms with Gasteiger partial charge in [-0.1, -0.05) is 12.1 Å². The molecule has 0 unspecified atom stereocenters. The molecule has 2 aliphatic rings. The van der Waals surface area contributed by atoms with Crippen molar-refractivity contribution in [2.75, 3.05) is 7.11 Å². The first-order valence-corrected chi connectivity index (χ1v) is 11.4. The lowest BCUT2D eigenvalue weighted by atomic mass is 9.88. The molecule has 35 heavy (non-hydrogen) atoms. The van der Waals surface area contributed by atoms with Gasteiger partial charge in [-0.2, -0.15) is 0 Å². The maximum Gasteiger partial charge on any atom is 0.254 e. The van der Waals surface area contributed by atoms with Crippen LogP contribution in [-0.2, 0) is 4.79 Å². The fourth-order valence-corrected chi connectivity index (χ4v) is 4.81. The zero-order valence-corrected chi connectivity index (χ0v) is 19.4. The summed E-state index contributed by atoms with van der Waals surface area (Å²) in [6.45, 7) is 1.90. The van der Waals surface area contributed by atoms with Gasteiger partial charge in [0.1, 0.15) is 5.75 Å². The van der Waals surface area contributed by atoms with Crippen molar-refractivity contribution in [1.29, 1.82) is 0 Å². The predicted octanol–water partition coefficient (Wildman–Crippen LogP) is 5.82. The number of benzene rings is 2. The molecule has 3 heterocycles. The van der Waals surface area contributed by atoms with E-state index in [1.54, 1.807) is 24.4 Å². The van der Waals surface area contributed by atoms with Gasteiger partial charge in [-0.25, -0.2) is 18.2 Å². The van der Waals surface area contributed by atoms with E-state index in [2.05, 4.69) is 4.98 Å². The summed E-state index contributed by atoms with van der Waals surface area (Å²) in [6, 6.07) is 7.47. The molecule has 8 heteroatoms. The Bertz CT molecular complexity index is 1350. The Morgan fingerprint density at radius 1 is 1.11 bits per heavy atom. The molecule has 3 aromatic rings. The second kappa shape index (κ2) is 9.09. The lowest BCUT2D eigenvalue weighted by Crippen LogP contribution is -2.45. The number of hydrogen-bond acceptors (Lipinski definition) is 3. The fourth-order valence-electron chi connectivity index (χ4n) is 4.81. The van der Waals surface area contributed by atoms with Gasteiger partial charge in [0.25, 0.3) is 5.91 Å². The summed E-state index contributed by atoms with van der Waals surface area (Å²) in [7, 11) is 1.58. The maximum absolute atomic E-state index is 13.9. The Kier molecular flexibility index (Phi) is 5.96. The van der Waals surface area contributed by atoms with Crippen molar-refractivity contribution in [1.82, 2.24) is 14.5 Å². The van der Waals surface area contributed by atoms with Crippen LogP contribution in [0.5, 0.6) is 5.75 Å². The third-order valence-corrected chi connectivity index (χ3v) is 6.52. The number of nitrogens with zero attached hydrogens (tertiary/aromatic N) is 3. The van der Waals surface area contributed by atoms with Crippen molar-refractivity contribution in [2.24, 2.45) is 0 Å². The summed E-state index contributed by atoms with van der Waals surface area (Å²) in [5, 5.41) is 0. The molecule has 1 fully saturated rings. The van der Waals surface area contributed by atoms with Crippen molar-refractivity contribution in [3.8, 4) is 11.4 Å². The topological polar surface area (TPSA) is 47.4 Å². The van der Waals surface area contributed by atoms with E-state index in [9.17, 15) is 18.0 Å². The van der Waals surface area contributed by atoms with Crippen LogP contribution in [0.3, 0.4) is 0 Å². The highest BCUT2D eigenvalue weighted by atomic mass is 19.2. The van der Waals surface area contributed by atoms with Gasteiger partial charge in [0, 0.05) is 29.1 Å². The molecule has 1 aromatic heterocycles. The molecule has 0 radical (unpaired) electrons. The van der Waals surface area contributed by atoms with Crippen molar-refractivity contribution in [3.05, 3.63) is 88.8 Å². The number of hydrogen-bond donors (Lipinski definition) is 0. The molecule has 0 bridgehead atoms. The van der Waals surface area contributed by atoms with E-state index in [4.69, 9.17) is 4.74 Å². The molecule has 1 atom stereocenters. The molecule has 0 saturated carbocycles. The van der Waals surface area contributed by atoms with Crippen molar-refractivity contribution >= 4 is 17.7 Å². The number of imidazole rings is 1. The van der Waals surface area contributed by atoms with Gasteiger partial charge in [-0.3, -0.25) is 4.79 Å². The van der Waals surface area contributed by atoms with Gasteiger partial charge in [0.2, 0.25) is 0 Å². The van der Waals surface area contributed by atoms with Gasteiger partial charge in [-0.05, 0) is 68.5 Å². The summed E-state index contributed by atoms with van der Waals surface area (Å²) in [6.07, 6.45) is 9.97. The van der Waals surface area contributed by atoms with Crippen LogP contribution in [0.4, 0.5) is 13.2 Å². The molecular weight excluding hydrogens is 455 g/mol. The lowest BCUT2D eigenvalue weighted by Gasteiger charge is -2.41. The number of fused-ring (bicyclic) bond motifs is 1. The highest BCUT2D eigenvalue weighted by Gasteiger charge is 2.36. The fraction of sp³-hybridized carbons (Fsp3) is 0.259. The average Bonchev–Trinajstić information content (AvgIpc) is 3.29. The monoisotopic (exact) mass is 479 g/mol. The van der Waals surface area contributed by atoms with Crippen LogP contribution in [0.25, 0.3) is 17.5 Å². The van der Waals surface area contributed by atoms with Crippen LogP contribution in [0.1, 0.15) is 42.5 Å². The number of carbonyl (C=O) groups excluding carboxylic acids is 1. The van der Waals surface area contributed by atoms with Crippen molar-refractivity contribution in [2.45, 2.75) is 38.6 Å². The van der Waals surface area contributed by atoms with Crippen LogP contribution in [-0.4, -0.2) is 33.5 Å². The smallest absolute Gasteiger partial charge is 0.254 e. The minimum Gasteiger partial charge on any atom is -0.495 e. The molecule has 2 aliphatic heterocycles. The molecule has 180 valence electrons. The third kappa shape index (κ3) is 4.24. The first kappa shape index (κ1) is 23.0. The largest absolute Gasteiger partial charge is 0.495 e. The Hall–Kier alpha value is -3.81. The standard InChI is InChI=1S/C27H24F3N3O2/c1-16-14-32(15-31-16)24-9-6-17(11-25(24)35-2)10-18-7-8-20-4-3-5-23(33(20)27(18)34)19-12-21(28)26(30)22(29)13-19/h5-6,9-15,20H,3-4,7-8H2,1-2H3/b18-10-/t20-/m0/s1. The molecule has 5 nitrogen and oxygen atoms in total. The first-order valence-electron chi connectivity index (χ1n) is 11.4. The predicted molar refractivity (Wildman–Crippen MR) is 126 cm³/mol. The molecule has 2 aromatic carbocycles. The molecular formula is C27H24F3N3O2. The Morgan fingerprint density at radius 3 is 2.57 bits per heavy atom. The average molecular weight is 480 g/mol. The van der Waals surface area contributed by atoms with Crippen LogP contribution in [0.2, 0.25) is 0 Å². The van der Waals surface area contributed by atoms with E-state index in [0.717, 1.165) is 41.9 Å². The third-order valence-electron chi connectivity index (χ3n) is 6.52. The number of carbonyl (C=O) groups is 1. The SMILES string of the molecule is COc1cc(/C=C2/CC[C@@H]3CCC=C(c4cc(F)c(F)c(F)c4)N3C2=O)ccc1-n1cnc(C)c1. The van der Waals surface area contributed by atoms with E-state index < -0.39 is 17.5 Å². The number of amides is 1. The number of piperidine rings is 1. The summed E-state index contributed by atoms with van der Waals surface area (Å²) >= 11 is 0. The summed E-state index contributed by atoms with van der Waals surface area (Å²) in [4.78, 5) is 19.4. The maximum atomic E-state index is 13.9. The highest BCUT2D eigenvalue weighted by molar-refractivity contribution is 6.03. The van der Waals surface area contributed by atoms with Crippen LogP contribution < -0.4 is 4.74 Å². The summed E-state index contributed by atoms with van der Waals surface area (Å²) < 4.78 is 48.8. The van der Waals surface area contributed by atoms with Crippen LogP contribution in [0.15, 0.2) is 54.5 Å². The molecule has 0 N–H and O–H groups in total. The second-order valence-corrected chi connectivity index (χ2v) is 8.81. The van der Waals surface area contributed by atoms with E-state index in [0.29, 0.717) is 29.9 Å². The van der Waals surface area contributed by atoms with Gasteiger partial charge < -0.3 is 14.2 Å². The first-order chi connectivity index (χ1) is 16.9. The highest BCUT2D eigenvalue weighted by Crippen LogP contribution is 2.38. The van der Waals surface area contributed by atoms with Gasteiger partial charge in [-0.15, -0.1) is 0 Å². The molecule has 1 saturated heterocycles. The van der Waals surface area contributed by atoms with E-state index in [-0.39, 0.29) is 17.5 Å². The number of rotatable bonds is 4. The van der Waals surface area contributed by atoms with Gasteiger partial charge in [0.15, 0.2) is 17.5 Å². The molecule has 1 amide bonds. The van der Waals surface area contributed by atoms with Crippen LogP contribution in [0, 0.1) is 24.4 Å². The molecule has 5 rings (SSSR count).